The lowest BCUT2D eigenvalue weighted by atomic mass is 10.1. The number of aryl methyl sites for hydroxylation is 1. The van der Waals surface area contributed by atoms with Crippen molar-refractivity contribution in [3.8, 4) is 17.0 Å². The minimum absolute atomic E-state index is 0.143. The molecule has 0 saturated carbocycles. The van der Waals surface area contributed by atoms with Crippen molar-refractivity contribution in [2.45, 2.75) is 13.0 Å². The summed E-state index contributed by atoms with van der Waals surface area (Å²) in [5.74, 6) is 1.01. The molecule has 1 amide bonds. The fraction of sp³-hybridized carbons (Fsp3) is 0.138. The van der Waals surface area contributed by atoms with Crippen molar-refractivity contribution in [2.75, 3.05) is 23.9 Å². The molecule has 0 spiro atoms. The molecule has 5 aromatic rings. The quantitative estimate of drug-likeness (QED) is 0.260. The van der Waals surface area contributed by atoms with E-state index in [-0.39, 0.29) is 5.91 Å². The lowest BCUT2D eigenvalue weighted by Gasteiger charge is -2.19. The van der Waals surface area contributed by atoms with E-state index >= 15 is 0 Å². The predicted molar refractivity (Wildman–Crippen MR) is 147 cm³/mol. The maximum atomic E-state index is 13.3. The summed E-state index contributed by atoms with van der Waals surface area (Å²) in [6.45, 7) is 1.40. The van der Waals surface area contributed by atoms with Crippen LogP contribution in [0.25, 0.3) is 11.3 Å². The van der Waals surface area contributed by atoms with Gasteiger partial charge in [0.15, 0.2) is 0 Å². The molecule has 1 N–H and O–H groups in total. The fourth-order valence-electron chi connectivity index (χ4n) is 3.90. The van der Waals surface area contributed by atoms with Gasteiger partial charge in [-0.3, -0.25) is 9.78 Å². The number of nitrogens with zero attached hydrogens (tertiary/aromatic N) is 6. The van der Waals surface area contributed by atoms with E-state index in [0.29, 0.717) is 29.6 Å². The van der Waals surface area contributed by atoms with Crippen molar-refractivity contribution in [3.63, 3.8) is 0 Å². The number of carbonyl (C=O) groups is 1. The maximum Gasteiger partial charge on any atom is 0.258 e. The first-order chi connectivity index (χ1) is 18.7. The largest absolute Gasteiger partial charge is 0.493 e. The highest BCUT2D eigenvalue weighted by molar-refractivity contribution is 6.06. The molecule has 3 heterocycles. The Balaban J connectivity index is 1.23. The van der Waals surface area contributed by atoms with Crippen LogP contribution < -0.4 is 15.0 Å². The summed E-state index contributed by atoms with van der Waals surface area (Å²) in [5.41, 5.74) is 3.64. The number of carbonyl (C=O) groups excluding carboxylic acids is 1. The van der Waals surface area contributed by atoms with Crippen molar-refractivity contribution in [3.05, 3.63) is 110 Å². The van der Waals surface area contributed by atoms with Gasteiger partial charge in [0, 0.05) is 73.1 Å². The Kier molecular flexibility index (Phi) is 7.64. The van der Waals surface area contributed by atoms with E-state index in [0.717, 1.165) is 29.9 Å². The molecule has 0 atom stereocenters. The van der Waals surface area contributed by atoms with Gasteiger partial charge in [-0.05, 0) is 55.0 Å². The highest BCUT2D eigenvalue weighted by Gasteiger charge is 2.15. The Morgan fingerprint density at radius 2 is 1.92 bits per heavy atom. The molecular weight excluding hydrogens is 478 g/mol. The van der Waals surface area contributed by atoms with E-state index in [1.54, 1.807) is 55.2 Å². The molecule has 9 nitrogen and oxygen atoms in total. The molecule has 38 heavy (non-hydrogen) atoms. The molecule has 0 aliphatic rings. The number of amides is 1. The zero-order chi connectivity index (χ0) is 26.2. The number of pyridine rings is 1. The predicted octanol–water partition coefficient (Wildman–Crippen LogP) is 5.22. The van der Waals surface area contributed by atoms with Gasteiger partial charge in [-0.15, -0.1) is 0 Å². The van der Waals surface area contributed by atoms with Crippen molar-refractivity contribution in [1.82, 2.24) is 24.5 Å². The Hall–Kier alpha value is -5.05. The Morgan fingerprint density at radius 3 is 2.76 bits per heavy atom. The van der Waals surface area contributed by atoms with E-state index in [1.165, 1.54) is 0 Å². The van der Waals surface area contributed by atoms with Crippen molar-refractivity contribution in [1.29, 1.82) is 0 Å². The standard InChI is InChI=1S/C29H27N7O2/c1-35(25-9-3-10-26(19-25)38-17-5-15-36-16-14-31-21-36)28(37)22-6-2-8-24(18-22)33-29-32-13-11-27(34-29)23-7-4-12-30-20-23/h2-4,6-14,16,18-21H,5,15,17H2,1H3,(H,32,33,34). The lowest BCUT2D eigenvalue weighted by molar-refractivity contribution is 0.0993. The van der Waals surface area contributed by atoms with E-state index < -0.39 is 0 Å². The molecule has 190 valence electrons. The number of rotatable bonds is 10. The summed E-state index contributed by atoms with van der Waals surface area (Å²) >= 11 is 0. The first kappa shape index (κ1) is 24.6. The highest BCUT2D eigenvalue weighted by Crippen LogP contribution is 2.24. The molecule has 0 aliphatic heterocycles. The van der Waals surface area contributed by atoms with Crippen LogP contribution in [0.1, 0.15) is 16.8 Å². The second-order valence-corrected chi connectivity index (χ2v) is 8.58. The highest BCUT2D eigenvalue weighted by atomic mass is 16.5. The molecule has 5 rings (SSSR count). The molecule has 0 bridgehead atoms. The Bertz CT molecular complexity index is 1490. The second kappa shape index (κ2) is 11.8. The van der Waals surface area contributed by atoms with E-state index in [4.69, 9.17) is 4.74 Å². The van der Waals surface area contributed by atoms with Crippen LogP contribution in [0.3, 0.4) is 0 Å². The van der Waals surface area contributed by atoms with Gasteiger partial charge in [0.25, 0.3) is 5.91 Å². The van der Waals surface area contributed by atoms with Crippen LogP contribution in [0.5, 0.6) is 5.75 Å². The monoisotopic (exact) mass is 505 g/mol. The molecule has 9 heteroatoms. The van der Waals surface area contributed by atoms with E-state index in [9.17, 15) is 4.79 Å². The van der Waals surface area contributed by atoms with Gasteiger partial charge in [-0.25, -0.2) is 15.0 Å². The first-order valence-electron chi connectivity index (χ1n) is 12.2. The number of imidazole rings is 1. The maximum absolute atomic E-state index is 13.3. The summed E-state index contributed by atoms with van der Waals surface area (Å²) in [6, 6.07) is 20.4. The van der Waals surface area contributed by atoms with Crippen molar-refractivity contribution in [2.24, 2.45) is 0 Å². The van der Waals surface area contributed by atoms with Gasteiger partial charge < -0.3 is 19.5 Å². The van der Waals surface area contributed by atoms with Gasteiger partial charge in [-0.1, -0.05) is 12.1 Å². The lowest BCUT2D eigenvalue weighted by Crippen LogP contribution is -2.26. The Labute approximate surface area is 220 Å². The third-order valence-corrected chi connectivity index (χ3v) is 5.88. The number of anilines is 3. The average Bonchev–Trinajstić information content (AvgIpc) is 3.49. The molecule has 0 fully saturated rings. The summed E-state index contributed by atoms with van der Waals surface area (Å²) in [4.78, 5) is 32.0. The molecule has 2 aromatic carbocycles. The fourth-order valence-corrected chi connectivity index (χ4v) is 3.90. The third-order valence-electron chi connectivity index (χ3n) is 5.88. The van der Waals surface area contributed by atoms with Gasteiger partial charge in [-0.2, -0.15) is 0 Å². The number of benzene rings is 2. The topological polar surface area (TPSA) is 98.1 Å². The molecular formula is C29H27N7O2. The first-order valence-corrected chi connectivity index (χ1v) is 12.2. The molecule has 0 saturated heterocycles. The van der Waals surface area contributed by atoms with Gasteiger partial charge >= 0.3 is 0 Å². The van der Waals surface area contributed by atoms with E-state index in [1.807, 2.05) is 65.4 Å². The second-order valence-electron chi connectivity index (χ2n) is 8.58. The van der Waals surface area contributed by atoms with Crippen LogP contribution in [0.2, 0.25) is 0 Å². The van der Waals surface area contributed by atoms with Gasteiger partial charge in [0.2, 0.25) is 5.95 Å². The summed E-state index contributed by atoms with van der Waals surface area (Å²) in [7, 11) is 1.75. The SMILES string of the molecule is CN(C(=O)c1cccc(Nc2nccc(-c3cccnc3)n2)c1)c1cccc(OCCCn2ccnc2)c1. The Morgan fingerprint density at radius 1 is 1.00 bits per heavy atom. The zero-order valence-corrected chi connectivity index (χ0v) is 20.9. The van der Waals surface area contributed by atoms with Crippen LogP contribution in [0, 0.1) is 0 Å². The molecule has 0 unspecified atom stereocenters. The zero-order valence-electron chi connectivity index (χ0n) is 20.9. The number of hydrogen-bond acceptors (Lipinski definition) is 7. The summed E-state index contributed by atoms with van der Waals surface area (Å²) < 4.78 is 7.92. The molecule has 0 radical (unpaired) electrons. The number of ether oxygens (including phenoxy) is 1. The summed E-state index contributed by atoms with van der Waals surface area (Å²) in [6.07, 6.45) is 11.5. The van der Waals surface area contributed by atoms with Gasteiger partial charge in [0.05, 0.1) is 18.6 Å². The minimum Gasteiger partial charge on any atom is -0.493 e. The summed E-state index contributed by atoms with van der Waals surface area (Å²) in [5, 5.41) is 3.20. The number of hydrogen-bond donors (Lipinski definition) is 1. The molecule has 0 aliphatic carbocycles. The smallest absolute Gasteiger partial charge is 0.258 e. The van der Waals surface area contributed by atoms with Crippen molar-refractivity contribution < 1.29 is 9.53 Å². The van der Waals surface area contributed by atoms with Crippen LogP contribution >= 0.6 is 0 Å². The average molecular weight is 506 g/mol. The number of aromatic nitrogens is 5. The van der Waals surface area contributed by atoms with E-state index in [2.05, 4.69) is 25.3 Å². The van der Waals surface area contributed by atoms with Crippen LogP contribution in [-0.4, -0.2) is 44.1 Å². The van der Waals surface area contributed by atoms with Gasteiger partial charge in [0.1, 0.15) is 5.75 Å². The molecule has 3 aromatic heterocycles. The minimum atomic E-state index is -0.143. The van der Waals surface area contributed by atoms with Crippen molar-refractivity contribution >= 4 is 23.2 Å². The van der Waals surface area contributed by atoms with Crippen LogP contribution in [0.4, 0.5) is 17.3 Å². The van der Waals surface area contributed by atoms with Crippen LogP contribution in [-0.2, 0) is 6.54 Å². The van der Waals surface area contributed by atoms with Crippen LogP contribution in [0.15, 0.2) is 104 Å². The normalized spacial score (nSPS) is 10.7. The number of nitrogens with one attached hydrogen (secondary N) is 1. The third kappa shape index (κ3) is 6.19.